The average molecular weight is 203 g/mol. The molecule has 0 atom stereocenters. The Balaban J connectivity index is 2.63. The predicted molar refractivity (Wildman–Crippen MR) is 59.5 cm³/mol. The van der Waals surface area contributed by atoms with Gasteiger partial charge in [-0.25, -0.2) is 0 Å². The number of carbonyl (C=O) groups is 1. The van der Waals surface area contributed by atoms with Crippen LogP contribution in [-0.4, -0.2) is 17.4 Å². The third-order valence-electron chi connectivity index (χ3n) is 2.36. The fraction of sp³-hybridized carbons (Fsp3) is 0.250. The third kappa shape index (κ3) is 1.61. The van der Waals surface area contributed by atoms with Crippen molar-refractivity contribution in [1.82, 2.24) is 4.98 Å². The van der Waals surface area contributed by atoms with Crippen molar-refractivity contribution in [2.45, 2.75) is 13.8 Å². The number of aromatic amines is 1. The molecule has 0 saturated heterocycles. The van der Waals surface area contributed by atoms with Crippen molar-refractivity contribution in [2.75, 3.05) is 6.61 Å². The summed E-state index contributed by atoms with van der Waals surface area (Å²) in [7, 11) is 0. The van der Waals surface area contributed by atoms with Crippen LogP contribution in [0.25, 0.3) is 10.9 Å². The molecule has 2 rings (SSSR count). The van der Waals surface area contributed by atoms with E-state index in [0.717, 1.165) is 16.7 Å². The highest BCUT2D eigenvalue weighted by Gasteiger charge is 2.10. The van der Waals surface area contributed by atoms with E-state index in [1.807, 2.05) is 25.1 Å². The lowest BCUT2D eigenvalue weighted by Gasteiger charge is -2.03. The maximum atomic E-state index is 11.3. The van der Waals surface area contributed by atoms with Crippen LogP contribution in [0.4, 0.5) is 0 Å². The van der Waals surface area contributed by atoms with Crippen LogP contribution >= 0.6 is 0 Å². The van der Waals surface area contributed by atoms with Gasteiger partial charge in [0.2, 0.25) is 0 Å². The fourth-order valence-corrected chi connectivity index (χ4v) is 1.69. The molecule has 0 aliphatic carbocycles. The molecule has 3 nitrogen and oxygen atoms in total. The van der Waals surface area contributed by atoms with Gasteiger partial charge in [0.15, 0.2) is 5.78 Å². The van der Waals surface area contributed by atoms with Gasteiger partial charge in [0, 0.05) is 17.1 Å². The predicted octanol–water partition coefficient (Wildman–Crippen LogP) is 2.77. The lowest BCUT2D eigenvalue weighted by molar-refractivity contribution is 0.101. The normalized spacial score (nSPS) is 10.5. The highest BCUT2D eigenvalue weighted by Crippen LogP contribution is 2.27. The first-order valence-electron chi connectivity index (χ1n) is 4.98. The number of hydrogen-bond acceptors (Lipinski definition) is 2. The zero-order valence-corrected chi connectivity index (χ0v) is 8.83. The molecule has 0 radical (unpaired) electrons. The van der Waals surface area contributed by atoms with Crippen molar-refractivity contribution >= 4 is 16.7 Å². The number of fused-ring (bicyclic) bond motifs is 1. The van der Waals surface area contributed by atoms with Crippen molar-refractivity contribution < 1.29 is 9.53 Å². The number of benzene rings is 1. The van der Waals surface area contributed by atoms with Gasteiger partial charge in [0.25, 0.3) is 0 Å². The number of hydrogen-bond donors (Lipinski definition) is 1. The Bertz CT molecular complexity index is 499. The minimum atomic E-state index is 0.0647. The van der Waals surface area contributed by atoms with Crippen molar-refractivity contribution in [3.8, 4) is 5.75 Å². The van der Waals surface area contributed by atoms with Gasteiger partial charge >= 0.3 is 0 Å². The summed E-state index contributed by atoms with van der Waals surface area (Å²) in [5.74, 6) is 0.859. The lowest BCUT2D eigenvalue weighted by atomic mass is 10.1. The van der Waals surface area contributed by atoms with E-state index in [9.17, 15) is 4.79 Å². The van der Waals surface area contributed by atoms with Crippen LogP contribution in [0.3, 0.4) is 0 Å². The Labute approximate surface area is 88.1 Å². The summed E-state index contributed by atoms with van der Waals surface area (Å²) in [6.45, 7) is 4.12. The number of carbonyl (C=O) groups excluding carboxylic acids is 1. The van der Waals surface area contributed by atoms with Crippen LogP contribution < -0.4 is 4.74 Å². The molecule has 1 N–H and O–H groups in total. The molecule has 2 aromatic rings. The highest BCUT2D eigenvalue weighted by molar-refractivity contribution is 6.07. The molecule has 0 aliphatic rings. The number of rotatable bonds is 3. The first-order valence-corrected chi connectivity index (χ1v) is 4.98. The van der Waals surface area contributed by atoms with Crippen molar-refractivity contribution in [1.29, 1.82) is 0 Å². The SMILES string of the molecule is CCOc1cccc2c(C(C)=O)c[nH]c12. The van der Waals surface area contributed by atoms with Gasteiger partial charge in [-0.15, -0.1) is 0 Å². The minimum absolute atomic E-state index is 0.0647. The van der Waals surface area contributed by atoms with E-state index in [1.54, 1.807) is 13.1 Å². The first-order chi connectivity index (χ1) is 7.24. The molecule has 1 aromatic heterocycles. The monoisotopic (exact) mass is 203 g/mol. The fourth-order valence-electron chi connectivity index (χ4n) is 1.69. The Morgan fingerprint density at radius 1 is 1.47 bits per heavy atom. The summed E-state index contributed by atoms with van der Waals surface area (Å²) in [4.78, 5) is 14.4. The Morgan fingerprint density at radius 2 is 2.27 bits per heavy atom. The summed E-state index contributed by atoms with van der Waals surface area (Å²) in [6.07, 6.45) is 1.73. The quantitative estimate of drug-likeness (QED) is 0.779. The Hall–Kier alpha value is -1.77. The number of Topliss-reactive ketones (excluding diaryl/α,β-unsaturated/α-hetero) is 1. The van der Waals surface area contributed by atoms with Gasteiger partial charge in [-0.2, -0.15) is 0 Å². The van der Waals surface area contributed by atoms with E-state index in [0.29, 0.717) is 12.2 Å². The van der Waals surface area contributed by atoms with E-state index < -0.39 is 0 Å². The van der Waals surface area contributed by atoms with Crippen LogP contribution in [0, 0.1) is 0 Å². The molecular weight excluding hydrogens is 190 g/mol. The number of para-hydroxylation sites is 1. The van der Waals surface area contributed by atoms with Crippen LogP contribution in [0.15, 0.2) is 24.4 Å². The van der Waals surface area contributed by atoms with E-state index in [2.05, 4.69) is 4.98 Å². The summed E-state index contributed by atoms with van der Waals surface area (Å²) < 4.78 is 5.47. The topological polar surface area (TPSA) is 42.1 Å². The number of aromatic nitrogens is 1. The third-order valence-corrected chi connectivity index (χ3v) is 2.36. The molecule has 1 aromatic carbocycles. The molecule has 3 heteroatoms. The number of nitrogens with one attached hydrogen (secondary N) is 1. The van der Waals surface area contributed by atoms with Gasteiger partial charge in [-0.05, 0) is 19.9 Å². The second-order valence-corrected chi connectivity index (χ2v) is 3.37. The zero-order chi connectivity index (χ0) is 10.8. The minimum Gasteiger partial charge on any atom is -0.492 e. The molecule has 0 unspecified atom stereocenters. The van der Waals surface area contributed by atoms with E-state index in [4.69, 9.17) is 4.74 Å². The molecule has 0 bridgehead atoms. The first kappa shape index (κ1) is 9.77. The molecule has 0 amide bonds. The van der Waals surface area contributed by atoms with E-state index >= 15 is 0 Å². The molecule has 0 fully saturated rings. The van der Waals surface area contributed by atoms with Gasteiger partial charge < -0.3 is 9.72 Å². The van der Waals surface area contributed by atoms with Gasteiger partial charge in [0.05, 0.1) is 12.1 Å². The molecule has 0 spiro atoms. The number of ketones is 1. The van der Waals surface area contributed by atoms with Gasteiger partial charge in [0.1, 0.15) is 5.75 Å². The molecule has 0 aliphatic heterocycles. The molecular formula is C12H13NO2. The second-order valence-electron chi connectivity index (χ2n) is 3.37. The number of ether oxygens (including phenoxy) is 1. The molecule has 1 heterocycles. The zero-order valence-electron chi connectivity index (χ0n) is 8.83. The standard InChI is InChI=1S/C12H13NO2/c1-3-15-11-6-4-5-9-10(8(2)14)7-13-12(9)11/h4-7,13H,3H2,1-2H3. The van der Waals surface area contributed by atoms with Crippen LogP contribution in [0.2, 0.25) is 0 Å². The van der Waals surface area contributed by atoms with Crippen molar-refractivity contribution in [3.05, 3.63) is 30.0 Å². The van der Waals surface area contributed by atoms with Crippen molar-refractivity contribution in [2.24, 2.45) is 0 Å². The number of H-pyrrole nitrogens is 1. The summed E-state index contributed by atoms with van der Waals surface area (Å²) in [6, 6.07) is 5.71. The smallest absolute Gasteiger partial charge is 0.161 e. The molecule has 0 saturated carbocycles. The Morgan fingerprint density at radius 3 is 2.93 bits per heavy atom. The molecule has 15 heavy (non-hydrogen) atoms. The van der Waals surface area contributed by atoms with Crippen molar-refractivity contribution in [3.63, 3.8) is 0 Å². The van der Waals surface area contributed by atoms with Crippen LogP contribution in [-0.2, 0) is 0 Å². The van der Waals surface area contributed by atoms with E-state index in [-0.39, 0.29) is 5.78 Å². The largest absolute Gasteiger partial charge is 0.492 e. The van der Waals surface area contributed by atoms with Gasteiger partial charge in [-0.1, -0.05) is 12.1 Å². The maximum Gasteiger partial charge on any atom is 0.161 e. The van der Waals surface area contributed by atoms with Gasteiger partial charge in [-0.3, -0.25) is 4.79 Å². The molecule has 78 valence electrons. The second kappa shape index (κ2) is 3.77. The highest BCUT2D eigenvalue weighted by atomic mass is 16.5. The summed E-state index contributed by atoms with van der Waals surface area (Å²) in [5.41, 5.74) is 1.61. The Kier molecular flexibility index (Phi) is 2.46. The van der Waals surface area contributed by atoms with E-state index in [1.165, 1.54) is 0 Å². The van der Waals surface area contributed by atoms with Crippen LogP contribution in [0.5, 0.6) is 5.75 Å². The van der Waals surface area contributed by atoms with Crippen LogP contribution in [0.1, 0.15) is 24.2 Å². The maximum absolute atomic E-state index is 11.3. The summed E-state index contributed by atoms with van der Waals surface area (Å²) in [5, 5.41) is 0.924. The summed E-state index contributed by atoms with van der Waals surface area (Å²) >= 11 is 0. The average Bonchev–Trinajstić information content (AvgIpc) is 2.62. The lowest BCUT2D eigenvalue weighted by Crippen LogP contribution is -1.92.